The van der Waals surface area contributed by atoms with Gasteiger partial charge in [0, 0.05) is 13.7 Å². The van der Waals surface area contributed by atoms with E-state index in [4.69, 9.17) is 4.74 Å². The maximum atomic E-state index is 5.00. The van der Waals surface area contributed by atoms with Crippen LogP contribution in [0.25, 0.3) is 0 Å². The molecule has 0 heterocycles. The molecule has 1 aliphatic carbocycles. The summed E-state index contributed by atoms with van der Waals surface area (Å²) in [5, 5.41) is 0. The van der Waals surface area contributed by atoms with Crippen molar-refractivity contribution >= 4 is 0 Å². The predicted octanol–water partition coefficient (Wildman–Crippen LogP) is 1.32. The Morgan fingerprint density at radius 2 is 2.20 bits per heavy atom. The standard InChI is InChI=1S/C8H17NO/c1-9(7-10-2)6-8-4-3-5-8/h8H,3-7H2,1-2H3. The van der Waals surface area contributed by atoms with Crippen molar-refractivity contribution in [3.63, 3.8) is 0 Å². The van der Waals surface area contributed by atoms with Gasteiger partial charge in [-0.1, -0.05) is 6.42 Å². The zero-order chi connectivity index (χ0) is 7.40. The van der Waals surface area contributed by atoms with E-state index in [0.717, 1.165) is 12.6 Å². The number of nitrogens with zero attached hydrogens (tertiary/aromatic N) is 1. The Labute approximate surface area is 63.2 Å². The molecule has 0 aromatic carbocycles. The van der Waals surface area contributed by atoms with Crippen LogP contribution in [-0.2, 0) is 4.74 Å². The van der Waals surface area contributed by atoms with Crippen LogP contribution in [0.2, 0.25) is 0 Å². The summed E-state index contributed by atoms with van der Waals surface area (Å²) >= 11 is 0. The molecule has 1 rings (SSSR count). The second-order valence-corrected chi connectivity index (χ2v) is 3.25. The Morgan fingerprint density at radius 1 is 1.50 bits per heavy atom. The molecule has 0 aliphatic heterocycles. The molecule has 0 bridgehead atoms. The molecule has 1 aliphatic rings. The minimum atomic E-state index is 0.774. The first kappa shape index (κ1) is 8.02. The average molecular weight is 143 g/mol. The summed E-state index contributed by atoms with van der Waals surface area (Å²) in [5.41, 5.74) is 0. The minimum Gasteiger partial charge on any atom is -0.369 e. The van der Waals surface area contributed by atoms with Gasteiger partial charge in [0.1, 0.15) is 0 Å². The third-order valence-electron chi connectivity index (χ3n) is 2.14. The van der Waals surface area contributed by atoms with Crippen molar-refractivity contribution < 1.29 is 4.74 Å². The van der Waals surface area contributed by atoms with Crippen LogP contribution in [0.15, 0.2) is 0 Å². The van der Waals surface area contributed by atoms with Crippen LogP contribution in [-0.4, -0.2) is 32.3 Å². The molecule has 0 aromatic heterocycles. The van der Waals surface area contributed by atoms with Gasteiger partial charge in [0.25, 0.3) is 0 Å². The van der Waals surface area contributed by atoms with Crippen molar-refractivity contribution in [2.24, 2.45) is 5.92 Å². The van der Waals surface area contributed by atoms with Gasteiger partial charge in [-0.05, 0) is 25.8 Å². The molecule has 1 saturated carbocycles. The van der Waals surface area contributed by atoms with Gasteiger partial charge in [0.2, 0.25) is 0 Å². The average Bonchev–Trinajstić information content (AvgIpc) is 1.80. The number of methoxy groups -OCH3 is 1. The first-order valence-corrected chi connectivity index (χ1v) is 4.00. The van der Waals surface area contributed by atoms with E-state index in [9.17, 15) is 0 Å². The van der Waals surface area contributed by atoms with Gasteiger partial charge in [0.15, 0.2) is 0 Å². The summed E-state index contributed by atoms with van der Waals surface area (Å²) in [6.45, 7) is 1.99. The maximum absolute atomic E-state index is 5.00. The van der Waals surface area contributed by atoms with Crippen molar-refractivity contribution in [2.45, 2.75) is 19.3 Å². The van der Waals surface area contributed by atoms with Gasteiger partial charge < -0.3 is 4.74 Å². The molecule has 0 amide bonds. The van der Waals surface area contributed by atoms with E-state index in [1.165, 1.54) is 25.8 Å². The summed E-state index contributed by atoms with van der Waals surface area (Å²) in [6, 6.07) is 0. The SMILES string of the molecule is COCN(C)CC1CCC1. The predicted molar refractivity (Wildman–Crippen MR) is 41.8 cm³/mol. The highest BCUT2D eigenvalue weighted by Crippen LogP contribution is 2.26. The quantitative estimate of drug-likeness (QED) is 0.550. The first-order chi connectivity index (χ1) is 4.83. The van der Waals surface area contributed by atoms with E-state index in [1.807, 2.05) is 0 Å². The third kappa shape index (κ3) is 2.27. The molecule has 0 N–H and O–H groups in total. The smallest absolute Gasteiger partial charge is 0.0984 e. The maximum Gasteiger partial charge on any atom is 0.0984 e. The van der Waals surface area contributed by atoms with Crippen molar-refractivity contribution in [3.8, 4) is 0 Å². The molecule has 0 unspecified atom stereocenters. The van der Waals surface area contributed by atoms with Crippen molar-refractivity contribution in [1.82, 2.24) is 4.90 Å². The van der Waals surface area contributed by atoms with Crippen molar-refractivity contribution in [3.05, 3.63) is 0 Å². The largest absolute Gasteiger partial charge is 0.369 e. The van der Waals surface area contributed by atoms with Gasteiger partial charge in [0.05, 0.1) is 6.73 Å². The van der Waals surface area contributed by atoms with Gasteiger partial charge in [-0.2, -0.15) is 0 Å². The molecular weight excluding hydrogens is 126 g/mol. The molecule has 0 spiro atoms. The fraction of sp³-hybridized carbons (Fsp3) is 1.00. The number of ether oxygens (including phenoxy) is 1. The van der Waals surface area contributed by atoms with E-state index in [-0.39, 0.29) is 0 Å². The fourth-order valence-electron chi connectivity index (χ4n) is 1.39. The Kier molecular flexibility index (Phi) is 3.16. The first-order valence-electron chi connectivity index (χ1n) is 4.00. The van der Waals surface area contributed by atoms with Crippen LogP contribution in [0.1, 0.15) is 19.3 Å². The number of hydrogen-bond acceptors (Lipinski definition) is 2. The van der Waals surface area contributed by atoms with Crippen LogP contribution in [0.5, 0.6) is 0 Å². The molecule has 0 atom stereocenters. The molecule has 0 aromatic rings. The van der Waals surface area contributed by atoms with Crippen LogP contribution in [0.4, 0.5) is 0 Å². The Bertz CT molecular complexity index is 91.3. The van der Waals surface area contributed by atoms with Gasteiger partial charge >= 0.3 is 0 Å². The van der Waals surface area contributed by atoms with E-state index < -0.39 is 0 Å². The van der Waals surface area contributed by atoms with Crippen LogP contribution < -0.4 is 0 Å². The molecular formula is C8H17NO. The highest BCUT2D eigenvalue weighted by Gasteiger charge is 2.18. The molecule has 0 saturated heterocycles. The fourth-order valence-corrected chi connectivity index (χ4v) is 1.39. The summed E-state index contributed by atoms with van der Waals surface area (Å²) < 4.78 is 5.00. The second-order valence-electron chi connectivity index (χ2n) is 3.25. The van der Waals surface area contributed by atoms with Crippen LogP contribution in [0.3, 0.4) is 0 Å². The monoisotopic (exact) mass is 143 g/mol. The van der Waals surface area contributed by atoms with Crippen molar-refractivity contribution in [2.75, 3.05) is 27.4 Å². The highest BCUT2D eigenvalue weighted by molar-refractivity contribution is 4.71. The van der Waals surface area contributed by atoms with E-state index in [2.05, 4.69) is 11.9 Å². The van der Waals surface area contributed by atoms with E-state index in [0.29, 0.717) is 0 Å². The van der Waals surface area contributed by atoms with Crippen LogP contribution in [0, 0.1) is 5.92 Å². The Hall–Kier alpha value is -0.0800. The van der Waals surface area contributed by atoms with Crippen molar-refractivity contribution in [1.29, 1.82) is 0 Å². The lowest BCUT2D eigenvalue weighted by Crippen LogP contribution is -2.30. The summed E-state index contributed by atoms with van der Waals surface area (Å²) in [5.74, 6) is 0.958. The van der Waals surface area contributed by atoms with Gasteiger partial charge in [-0.3, -0.25) is 4.90 Å². The molecule has 2 heteroatoms. The molecule has 60 valence electrons. The zero-order valence-corrected chi connectivity index (χ0v) is 6.97. The Balaban J connectivity index is 1.99. The zero-order valence-electron chi connectivity index (χ0n) is 6.97. The van der Waals surface area contributed by atoms with Gasteiger partial charge in [-0.25, -0.2) is 0 Å². The van der Waals surface area contributed by atoms with E-state index in [1.54, 1.807) is 7.11 Å². The lowest BCUT2D eigenvalue weighted by molar-refractivity contribution is 0.0603. The topological polar surface area (TPSA) is 12.5 Å². The minimum absolute atomic E-state index is 0.774. The van der Waals surface area contributed by atoms with Gasteiger partial charge in [-0.15, -0.1) is 0 Å². The number of rotatable bonds is 4. The lowest BCUT2D eigenvalue weighted by Gasteiger charge is -2.29. The molecule has 0 radical (unpaired) electrons. The summed E-state index contributed by atoms with van der Waals surface area (Å²) in [4.78, 5) is 2.24. The highest BCUT2D eigenvalue weighted by atomic mass is 16.5. The Morgan fingerprint density at radius 3 is 2.60 bits per heavy atom. The summed E-state index contributed by atoms with van der Waals surface area (Å²) in [7, 11) is 3.86. The molecule has 2 nitrogen and oxygen atoms in total. The lowest BCUT2D eigenvalue weighted by atomic mass is 9.85. The number of hydrogen-bond donors (Lipinski definition) is 0. The normalized spacial score (nSPS) is 19.5. The molecule has 10 heavy (non-hydrogen) atoms. The third-order valence-corrected chi connectivity index (χ3v) is 2.14. The second kappa shape index (κ2) is 3.94. The summed E-state index contributed by atoms with van der Waals surface area (Å²) in [6.07, 6.45) is 4.29. The molecule has 1 fully saturated rings. The van der Waals surface area contributed by atoms with E-state index >= 15 is 0 Å². The van der Waals surface area contributed by atoms with Crippen LogP contribution >= 0.6 is 0 Å².